The number of carbonyl (C=O) groups excluding carboxylic acids is 2. The Morgan fingerprint density at radius 1 is 1.03 bits per heavy atom. The number of urea groups is 1. The molecule has 2 N–H and O–H groups in total. The number of rotatable bonds is 8. The van der Waals surface area contributed by atoms with Crippen molar-refractivity contribution in [3.63, 3.8) is 0 Å². The molecule has 33 heavy (non-hydrogen) atoms. The minimum absolute atomic E-state index is 0.0392. The zero-order valence-electron chi connectivity index (χ0n) is 19.9. The van der Waals surface area contributed by atoms with Crippen LogP contribution in [0.2, 0.25) is 0 Å². The van der Waals surface area contributed by atoms with Gasteiger partial charge in [-0.1, -0.05) is 26.0 Å². The third kappa shape index (κ3) is 5.69. The van der Waals surface area contributed by atoms with Gasteiger partial charge in [-0.2, -0.15) is 0 Å². The van der Waals surface area contributed by atoms with Crippen LogP contribution in [0.3, 0.4) is 0 Å². The molecule has 1 aliphatic rings. The van der Waals surface area contributed by atoms with Crippen molar-refractivity contribution in [2.24, 2.45) is 5.92 Å². The predicted octanol–water partition coefficient (Wildman–Crippen LogP) is 4.01. The molecule has 8 nitrogen and oxygen atoms in total. The lowest BCUT2D eigenvalue weighted by atomic mass is 9.91. The van der Waals surface area contributed by atoms with E-state index in [9.17, 15) is 9.59 Å². The van der Waals surface area contributed by atoms with E-state index in [0.29, 0.717) is 48.9 Å². The van der Waals surface area contributed by atoms with Gasteiger partial charge in [0.25, 0.3) is 0 Å². The molecule has 1 heterocycles. The standard InChI is InChI=1S/C25H33N3O5/c1-16(2)12-24(29)26-15-20-18-14-23(33-5)22(32-4)13-17(18)10-11-28(20)25(30)27-19-8-6-7-9-21(19)31-3/h6-9,13-14,16,20H,10-12,15H2,1-5H3,(H,26,29)(H,27,30)/t20-/m0/s1. The van der Waals surface area contributed by atoms with Crippen molar-refractivity contribution in [1.29, 1.82) is 0 Å². The van der Waals surface area contributed by atoms with E-state index in [1.165, 1.54) is 0 Å². The van der Waals surface area contributed by atoms with E-state index >= 15 is 0 Å². The van der Waals surface area contributed by atoms with Crippen LogP contribution < -0.4 is 24.8 Å². The second-order valence-corrected chi connectivity index (χ2v) is 8.40. The number of nitrogens with one attached hydrogen (secondary N) is 2. The predicted molar refractivity (Wildman–Crippen MR) is 127 cm³/mol. The summed E-state index contributed by atoms with van der Waals surface area (Å²) in [4.78, 5) is 27.5. The number of methoxy groups -OCH3 is 3. The first-order valence-corrected chi connectivity index (χ1v) is 11.1. The van der Waals surface area contributed by atoms with E-state index in [1.54, 1.807) is 38.4 Å². The van der Waals surface area contributed by atoms with Crippen molar-refractivity contribution < 1.29 is 23.8 Å². The second kappa shape index (κ2) is 10.9. The number of para-hydroxylation sites is 2. The number of fused-ring (bicyclic) bond motifs is 1. The van der Waals surface area contributed by atoms with Gasteiger partial charge in [0, 0.05) is 19.5 Å². The van der Waals surface area contributed by atoms with E-state index in [2.05, 4.69) is 10.6 Å². The van der Waals surface area contributed by atoms with E-state index in [4.69, 9.17) is 14.2 Å². The molecule has 8 heteroatoms. The lowest BCUT2D eigenvalue weighted by molar-refractivity contribution is -0.122. The van der Waals surface area contributed by atoms with Gasteiger partial charge in [0.05, 0.1) is 33.1 Å². The molecular weight excluding hydrogens is 422 g/mol. The van der Waals surface area contributed by atoms with Crippen molar-refractivity contribution in [1.82, 2.24) is 10.2 Å². The van der Waals surface area contributed by atoms with E-state index < -0.39 is 0 Å². The van der Waals surface area contributed by atoms with Crippen LogP contribution >= 0.6 is 0 Å². The van der Waals surface area contributed by atoms with Crippen LogP contribution in [-0.2, 0) is 11.2 Å². The number of amides is 3. The normalized spacial score (nSPS) is 15.0. The summed E-state index contributed by atoms with van der Waals surface area (Å²) in [6, 6.07) is 10.5. The molecule has 0 fully saturated rings. The van der Waals surface area contributed by atoms with Crippen LogP contribution in [0.4, 0.5) is 10.5 Å². The number of hydrogen-bond acceptors (Lipinski definition) is 5. The quantitative estimate of drug-likeness (QED) is 0.628. The van der Waals surface area contributed by atoms with Gasteiger partial charge in [0.2, 0.25) is 5.91 Å². The highest BCUT2D eigenvalue weighted by molar-refractivity contribution is 5.91. The number of benzene rings is 2. The van der Waals surface area contributed by atoms with Crippen LogP contribution in [0.15, 0.2) is 36.4 Å². The molecule has 3 rings (SSSR count). The third-order valence-electron chi connectivity index (χ3n) is 5.70. The van der Waals surface area contributed by atoms with Crippen molar-refractivity contribution in [2.75, 3.05) is 39.7 Å². The van der Waals surface area contributed by atoms with Crippen LogP contribution in [0.25, 0.3) is 0 Å². The van der Waals surface area contributed by atoms with Crippen LogP contribution in [0.1, 0.15) is 37.4 Å². The maximum atomic E-state index is 13.3. The molecule has 0 radical (unpaired) electrons. The first kappa shape index (κ1) is 24.2. The number of nitrogens with zero attached hydrogens (tertiary/aromatic N) is 1. The summed E-state index contributed by atoms with van der Waals surface area (Å²) in [5.74, 6) is 2.02. The minimum Gasteiger partial charge on any atom is -0.495 e. The number of hydrogen-bond donors (Lipinski definition) is 2. The summed E-state index contributed by atoms with van der Waals surface area (Å²) in [7, 11) is 4.75. The Kier molecular flexibility index (Phi) is 8.03. The lowest BCUT2D eigenvalue weighted by Gasteiger charge is -2.38. The molecule has 2 aromatic carbocycles. The molecule has 0 saturated carbocycles. The first-order chi connectivity index (χ1) is 15.9. The molecule has 1 atom stereocenters. The van der Waals surface area contributed by atoms with Gasteiger partial charge in [-0.15, -0.1) is 0 Å². The molecule has 2 aromatic rings. The van der Waals surface area contributed by atoms with Crippen LogP contribution in [0.5, 0.6) is 17.2 Å². The molecule has 0 aromatic heterocycles. The van der Waals surface area contributed by atoms with Gasteiger partial charge in [0.15, 0.2) is 11.5 Å². The highest BCUT2D eigenvalue weighted by atomic mass is 16.5. The topological polar surface area (TPSA) is 89.1 Å². The molecule has 0 spiro atoms. The Labute approximate surface area is 195 Å². The zero-order valence-corrected chi connectivity index (χ0v) is 19.9. The summed E-state index contributed by atoms with van der Waals surface area (Å²) in [5, 5.41) is 5.96. The van der Waals surface area contributed by atoms with Gasteiger partial charge in [0.1, 0.15) is 5.75 Å². The Bertz CT molecular complexity index is 992. The molecule has 0 bridgehead atoms. The lowest BCUT2D eigenvalue weighted by Crippen LogP contribution is -2.47. The molecule has 0 saturated heterocycles. The first-order valence-electron chi connectivity index (χ1n) is 11.1. The van der Waals surface area contributed by atoms with Gasteiger partial charge >= 0.3 is 6.03 Å². The molecule has 178 valence electrons. The molecule has 0 aliphatic carbocycles. The number of carbonyl (C=O) groups is 2. The maximum Gasteiger partial charge on any atom is 0.322 e. The maximum absolute atomic E-state index is 13.3. The zero-order chi connectivity index (χ0) is 24.0. The van der Waals surface area contributed by atoms with Crippen molar-refractivity contribution in [2.45, 2.75) is 32.7 Å². The van der Waals surface area contributed by atoms with Gasteiger partial charge in [-0.05, 0) is 47.7 Å². The second-order valence-electron chi connectivity index (χ2n) is 8.40. The largest absolute Gasteiger partial charge is 0.495 e. The highest BCUT2D eigenvalue weighted by Crippen LogP contribution is 2.38. The molecule has 1 aliphatic heterocycles. The highest BCUT2D eigenvalue weighted by Gasteiger charge is 2.33. The summed E-state index contributed by atoms with van der Waals surface area (Å²) in [6.07, 6.45) is 1.09. The van der Waals surface area contributed by atoms with Gasteiger partial charge in [-0.25, -0.2) is 4.79 Å². The van der Waals surface area contributed by atoms with Crippen molar-refractivity contribution in [3.05, 3.63) is 47.5 Å². The Hall–Kier alpha value is -3.42. The third-order valence-corrected chi connectivity index (χ3v) is 5.70. The monoisotopic (exact) mass is 455 g/mol. The fourth-order valence-electron chi connectivity index (χ4n) is 4.08. The Morgan fingerprint density at radius 3 is 2.36 bits per heavy atom. The minimum atomic E-state index is -0.362. The Balaban J connectivity index is 1.91. The van der Waals surface area contributed by atoms with Gasteiger partial charge < -0.3 is 29.7 Å². The SMILES string of the molecule is COc1ccccc1NC(=O)N1CCc2cc(OC)c(OC)cc2[C@@H]1CNC(=O)CC(C)C. The molecular formula is C25H33N3O5. The van der Waals surface area contributed by atoms with Crippen molar-refractivity contribution in [3.8, 4) is 17.2 Å². The van der Waals surface area contributed by atoms with E-state index in [1.807, 2.05) is 38.1 Å². The molecule has 0 unspecified atom stereocenters. The average molecular weight is 456 g/mol. The smallest absolute Gasteiger partial charge is 0.322 e. The fraction of sp³-hybridized carbons (Fsp3) is 0.440. The van der Waals surface area contributed by atoms with Crippen LogP contribution in [0, 0.1) is 5.92 Å². The fourth-order valence-corrected chi connectivity index (χ4v) is 4.08. The molecule has 3 amide bonds. The summed E-state index contributed by atoms with van der Waals surface area (Å²) in [5.41, 5.74) is 2.58. The van der Waals surface area contributed by atoms with Gasteiger partial charge in [-0.3, -0.25) is 4.79 Å². The Morgan fingerprint density at radius 2 is 1.70 bits per heavy atom. The number of anilines is 1. The summed E-state index contributed by atoms with van der Waals surface area (Å²) in [6.45, 7) is 4.79. The summed E-state index contributed by atoms with van der Waals surface area (Å²) >= 11 is 0. The van der Waals surface area contributed by atoms with E-state index in [-0.39, 0.29) is 23.9 Å². The van der Waals surface area contributed by atoms with Crippen molar-refractivity contribution >= 4 is 17.6 Å². The number of ether oxygens (including phenoxy) is 3. The summed E-state index contributed by atoms with van der Waals surface area (Å²) < 4.78 is 16.3. The van der Waals surface area contributed by atoms with E-state index in [0.717, 1.165) is 11.1 Å². The van der Waals surface area contributed by atoms with Crippen LogP contribution in [-0.4, -0.2) is 51.3 Å². The average Bonchev–Trinajstić information content (AvgIpc) is 2.81.